The largest absolute Gasteiger partial charge is 0.496 e. The van der Waals surface area contributed by atoms with Crippen LogP contribution in [0.15, 0.2) is 84.9 Å². The van der Waals surface area contributed by atoms with Gasteiger partial charge in [-0.15, -0.1) is 0 Å². The van der Waals surface area contributed by atoms with E-state index in [0.29, 0.717) is 0 Å². The number of para-hydroxylation sites is 2. The highest BCUT2D eigenvalue weighted by molar-refractivity contribution is 5.84. The van der Waals surface area contributed by atoms with Crippen LogP contribution in [-0.2, 0) is 0 Å². The lowest BCUT2D eigenvalue weighted by Crippen LogP contribution is -2.13. The van der Waals surface area contributed by atoms with Gasteiger partial charge in [-0.25, -0.2) is 0 Å². The number of hydrogen-bond acceptors (Lipinski definition) is 2. The van der Waals surface area contributed by atoms with Gasteiger partial charge in [0.25, 0.3) is 0 Å². The third-order valence-corrected chi connectivity index (χ3v) is 4.28. The van der Waals surface area contributed by atoms with Crippen LogP contribution in [0.3, 0.4) is 0 Å². The summed E-state index contributed by atoms with van der Waals surface area (Å²) in [7, 11) is 1.69. The molecule has 0 saturated heterocycles. The average molecular weight is 314 g/mol. The maximum absolute atomic E-state index is 6.26. The van der Waals surface area contributed by atoms with E-state index in [4.69, 9.17) is 9.47 Å². The first kappa shape index (κ1) is 14.6. The van der Waals surface area contributed by atoms with E-state index in [1.807, 2.05) is 42.5 Å². The molecule has 0 fully saturated rings. The Balaban J connectivity index is 1.87. The monoisotopic (exact) mass is 314 g/mol. The summed E-state index contributed by atoms with van der Waals surface area (Å²) in [6, 6.07) is 26.6. The van der Waals surface area contributed by atoms with Gasteiger partial charge in [0.1, 0.15) is 17.6 Å². The van der Waals surface area contributed by atoms with Crippen molar-refractivity contribution in [3.05, 3.63) is 102 Å². The van der Waals surface area contributed by atoms with E-state index in [-0.39, 0.29) is 6.10 Å². The lowest BCUT2D eigenvalue weighted by Gasteiger charge is -2.27. The second-order valence-corrected chi connectivity index (χ2v) is 5.72. The Hall–Kier alpha value is -3.00. The maximum Gasteiger partial charge on any atom is 0.146 e. The van der Waals surface area contributed by atoms with Crippen LogP contribution in [0.25, 0.3) is 5.57 Å². The quantitative estimate of drug-likeness (QED) is 0.656. The predicted octanol–water partition coefficient (Wildman–Crippen LogP) is 5.26. The van der Waals surface area contributed by atoms with Crippen LogP contribution in [0.2, 0.25) is 0 Å². The van der Waals surface area contributed by atoms with Gasteiger partial charge in [-0.3, -0.25) is 0 Å². The molecule has 0 aliphatic carbocycles. The van der Waals surface area contributed by atoms with Crippen LogP contribution in [0.1, 0.15) is 22.8 Å². The molecule has 0 amide bonds. The van der Waals surface area contributed by atoms with Gasteiger partial charge in [-0.05, 0) is 29.3 Å². The highest BCUT2D eigenvalue weighted by Gasteiger charge is 2.24. The van der Waals surface area contributed by atoms with Crippen molar-refractivity contribution in [1.82, 2.24) is 0 Å². The minimum atomic E-state index is -0.175. The Morgan fingerprint density at radius 3 is 2.33 bits per heavy atom. The van der Waals surface area contributed by atoms with Crippen molar-refractivity contribution in [2.75, 3.05) is 7.11 Å². The number of hydrogen-bond donors (Lipinski definition) is 0. The van der Waals surface area contributed by atoms with Gasteiger partial charge in [-0.1, -0.05) is 66.7 Å². The molecule has 0 N–H and O–H groups in total. The normalized spacial score (nSPS) is 15.9. The van der Waals surface area contributed by atoms with Crippen LogP contribution in [0, 0.1) is 0 Å². The van der Waals surface area contributed by atoms with E-state index < -0.39 is 0 Å². The summed E-state index contributed by atoms with van der Waals surface area (Å²) in [5.41, 5.74) is 4.53. The molecule has 1 atom stereocenters. The number of rotatable bonds is 3. The topological polar surface area (TPSA) is 18.5 Å². The predicted molar refractivity (Wildman–Crippen MR) is 96.3 cm³/mol. The fraction of sp³-hybridized carbons (Fsp3) is 0.0909. The zero-order valence-electron chi connectivity index (χ0n) is 13.5. The molecule has 4 rings (SSSR count). The van der Waals surface area contributed by atoms with E-state index in [0.717, 1.165) is 22.6 Å². The Morgan fingerprint density at radius 2 is 1.50 bits per heavy atom. The molecule has 0 saturated carbocycles. The van der Waals surface area contributed by atoms with Gasteiger partial charge in [-0.2, -0.15) is 0 Å². The molecule has 0 aromatic heterocycles. The van der Waals surface area contributed by atoms with Gasteiger partial charge in [0.05, 0.1) is 7.11 Å². The van der Waals surface area contributed by atoms with Crippen molar-refractivity contribution >= 4 is 5.57 Å². The molecule has 24 heavy (non-hydrogen) atoms. The molecule has 1 aliphatic heterocycles. The highest BCUT2D eigenvalue weighted by atomic mass is 16.5. The van der Waals surface area contributed by atoms with Gasteiger partial charge < -0.3 is 9.47 Å². The Kier molecular flexibility index (Phi) is 3.80. The van der Waals surface area contributed by atoms with Crippen molar-refractivity contribution < 1.29 is 9.47 Å². The van der Waals surface area contributed by atoms with Crippen molar-refractivity contribution in [2.45, 2.75) is 6.10 Å². The van der Waals surface area contributed by atoms with Crippen molar-refractivity contribution in [1.29, 1.82) is 0 Å². The summed E-state index contributed by atoms with van der Waals surface area (Å²) < 4.78 is 11.8. The standard InChI is InChI=1S/C22H18O2/c1-23-20-13-7-6-12-18(20)22-15-19(16-9-3-2-4-10-16)17-11-5-8-14-21(17)24-22/h2-15,22H,1H3. The van der Waals surface area contributed by atoms with Gasteiger partial charge in [0, 0.05) is 11.1 Å². The van der Waals surface area contributed by atoms with Crippen LogP contribution < -0.4 is 9.47 Å². The molecule has 0 bridgehead atoms. The maximum atomic E-state index is 6.26. The van der Waals surface area contributed by atoms with E-state index >= 15 is 0 Å². The smallest absolute Gasteiger partial charge is 0.146 e. The molecule has 3 aromatic rings. The summed E-state index contributed by atoms with van der Waals surface area (Å²) >= 11 is 0. The summed E-state index contributed by atoms with van der Waals surface area (Å²) in [5.74, 6) is 1.74. The molecular weight excluding hydrogens is 296 g/mol. The first-order valence-electron chi connectivity index (χ1n) is 8.03. The number of fused-ring (bicyclic) bond motifs is 1. The molecule has 1 aliphatic rings. The molecule has 0 radical (unpaired) electrons. The lowest BCUT2D eigenvalue weighted by atomic mass is 9.92. The van der Waals surface area contributed by atoms with E-state index in [9.17, 15) is 0 Å². The second-order valence-electron chi connectivity index (χ2n) is 5.72. The first-order chi connectivity index (χ1) is 11.9. The van der Waals surface area contributed by atoms with Gasteiger partial charge in [0.2, 0.25) is 0 Å². The molecule has 2 nitrogen and oxygen atoms in total. The van der Waals surface area contributed by atoms with Crippen LogP contribution in [0.5, 0.6) is 11.5 Å². The molecular formula is C22H18O2. The number of benzene rings is 3. The molecule has 2 heteroatoms. The van der Waals surface area contributed by atoms with Crippen LogP contribution in [-0.4, -0.2) is 7.11 Å². The lowest BCUT2D eigenvalue weighted by molar-refractivity contribution is 0.244. The third kappa shape index (κ3) is 2.56. The summed E-state index contributed by atoms with van der Waals surface area (Å²) in [4.78, 5) is 0. The van der Waals surface area contributed by atoms with Crippen molar-refractivity contribution in [3.63, 3.8) is 0 Å². The fourth-order valence-corrected chi connectivity index (χ4v) is 3.13. The van der Waals surface area contributed by atoms with E-state index in [2.05, 4.69) is 42.5 Å². The molecule has 1 heterocycles. The highest BCUT2D eigenvalue weighted by Crippen LogP contribution is 2.41. The van der Waals surface area contributed by atoms with E-state index in [1.54, 1.807) is 7.11 Å². The number of ether oxygens (including phenoxy) is 2. The summed E-state index contributed by atoms with van der Waals surface area (Å²) in [5, 5.41) is 0. The zero-order chi connectivity index (χ0) is 16.4. The molecule has 3 aromatic carbocycles. The zero-order valence-corrected chi connectivity index (χ0v) is 13.5. The SMILES string of the molecule is COc1ccccc1C1C=C(c2ccccc2)c2ccccc2O1. The molecule has 1 unspecified atom stereocenters. The minimum absolute atomic E-state index is 0.175. The van der Waals surface area contributed by atoms with Gasteiger partial charge in [0.15, 0.2) is 0 Å². The van der Waals surface area contributed by atoms with Crippen LogP contribution in [0.4, 0.5) is 0 Å². The van der Waals surface area contributed by atoms with Crippen molar-refractivity contribution in [3.8, 4) is 11.5 Å². The Bertz CT molecular complexity index is 881. The first-order valence-corrected chi connectivity index (χ1v) is 8.03. The summed E-state index contributed by atoms with van der Waals surface area (Å²) in [6.45, 7) is 0. The molecule has 0 spiro atoms. The average Bonchev–Trinajstić information content (AvgIpc) is 2.67. The van der Waals surface area contributed by atoms with Gasteiger partial charge >= 0.3 is 0 Å². The van der Waals surface area contributed by atoms with Crippen molar-refractivity contribution in [2.24, 2.45) is 0 Å². The van der Waals surface area contributed by atoms with Crippen LogP contribution >= 0.6 is 0 Å². The molecule has 118 valence electrons. The Morgan fingerprint density at radius 1 is 0.792 bits per heavy atom. The third-order valence-electron chi connectivity index (χ3n) is 4.28. The second kappa shape index (κ2) is 6.25. The Labute approximate surface area is 142 Å². The fourth-order valence-electron chi connectivity index (χ4n) is 3.13. The number of methoxy groups -OCH3 is 1. The van der Waals surface area contributed by atoms with E-state index in [1.165, 1.54) is 11.1 Å². The minimum Gasteiger partial charge on any atom is -0.496 e. The summed E-state index contributed by atoms with van der Waals surface area (Å²) in [6.07, 6.45) is 2.00.